The van der Waals surface area contributed by atoms with Crippen LogP contribution < -0.4 is 0 Å². The summed E-state index contributed by atoms with van der Waals surface area (Å²) in [6.45, 7) is 2.18. The Bertz CT molecular complexity index is 1530. The van der Waals surface area contributed by atoms with Crippen molar-refractivity contribution in [2.45, 2.75) is 25.7 Å². The number of benzene rings is 4. The van der Waals surface area contributed by atoms with Crippen molar-refractivity contribution >= 4 is 16.3 Å². The first kappa shape index (κ1) is 21.3. The lowest BCUT2D eigenvalue weighted by Gasteiger charge is -2.19. The first-order valence-electron chi connectivity index (χ1n) is 12.3. The Kier molecular flexibility index (Phi) is 5.59. The van der Waals surface area contributed by atoms with E-state index in [2.05, 4.69) is 127 Å². The van der Waals surface area contributed by atoms with Crippen molar-refractivity contribution in [1.29, 1.82) is 0 Å². The summed E-state index contributed by atoms with van der Waals surface area (Å²) in [5.74, 6) is 2.01. The van der Waals surface area contributed by atoms with Crippen molar-refractivity contribution in [2.75, 3.05) is 0 Å². The minimum Gasteiger partial charge on any atom is -0.278 e. The van der Waals surface area contributed by atoms with Gasteiger partial charge in [-0.3, -0.25) is 4.57 Å². The molecular formula is C32H27N3. The molecule has 1 aliphatic carbocycles. The van der Waals surface area contributed by atoms with Crippen LogP contribution in [0, 0.1) is 0 Å². The van der Waals surface area contributed by atoms with Gasteiger partial charge in [0.15, 0.2) is 5.82 Å². The highest BCUT2D eigenvalue weighted by molar-refractivity contribution is 5.95. The Morgan fingerprint density at radius 1 is 0.800 bits per heavy atom. The maximum Gasteiger partial charge on any atom is 0.169 e. The van der Waals surface area contributed by atoms with E-state index >= 15 is 0 Å². The monoisotopic (exact) mass is 453 g/mol. The molecule has 4 aromatic carbocycles. The fourth-order valence-corrected chi connectivity index (χ4v) is 4.92. The van der Waals surface area contributed by atoms with E-state index in [-0.39, 0.29) is 5.92 Å². The summed E-state index contributed by atoms with van der Waals surface area (Å²) >= 11 is 0. The third-order valence-corrected chi connectivity index (χ3v) is 6.86. The Hall–Kier alpha value is -4.24. The molecule has 0 spiro atoms. The summed E-state index contributed by atoms with van der Waals surface area (Å²) in [6.07, 6.45) is 8.72. The van der Waals surface area contributed by atoms with Crippen molar-refractivity contribution in [3.63, 3.8) is 0 Å². The van der Waals surface area contributed by atoms with Crippen molar-refractivity contribution in [3.05, 3.63) is 132 Å². The van der Waals surface area contributed by atoms with Gasteiger partial charge in [-0.15, -0.1) is 10.2 Å². The van der Waals surface area contributed by atoms with Crippen LogP contribution in [0.5, 0.6) is 0 Å². The number of hydrogen-bond acceptors (Lipinski definition) is 2. The SMILES string of the molecule is CCc1ccc(-n2c(-c3cccc4ccccc34)nnc2C2C=CC(c3ccccc3)=CC2)cc1. The number of hydrogen-bond donors (Lipinski definition) is 0. The normalized spacial score (nSPS) is 15.3. The number of allylic oxidation sites excluding steroid dienone is 4. The van der Waals surface area contributed by atoms with Crippen LogP contribution in [0.15, 0.2) is 115 Å². The van der Waals surface area contributed by atoms with E-state index in [0.29, 0.717) is 0 Å². The number of rotatable bonds is 5. The third kappa shape index (κ3) is 4.00. The van der Waals surface area contributed by atoms with E-state index in [9.17, 15) is 0 Å². The summed E-state index contributed by atoms with van der Waals surface area (Å²) in [7, 11) is 0. The van der Waals surface area contributed by atoms with Crippen molar-refractivity contribution in [1.82, 2.24) is 14.8 Å². The van der Waals surface area contributed by atoms with E-state index < -0.39 is 0 Å². The van der Waals surface area contributed by atoms with Crippen LogP contribution in [0.2, 0.25) is 0 Å². The maximum atomic E-state index is 4.77. The molecule has 0 amide bonds. The summed E-state index contributed by atoms with van der Waals surface area (Å²) in [5.41, 5.74) is 6.02. The molecule has 0 bridgehead atoms. The number of nitrogens with zero attached hydrogens (tertiary/aromatic N) is 3. The molecule has 0 radical (unpaired) electrons. The van der Waals surface area contributed by atoms with Gasteiger partial charge in [0.25, 0.3) is 0 Å². The van der Waals surface area contributed by atoms with E-state index in [1.165, 1.54) is 27.5 Å². The lowest BCUT2D eigenvalue weighted by molar-refractivity contribution is 0.747. The molecule has 170 valence electrons. The molecule has 35 heavy (non-hydrogen) atoms. The second kappa shape index (κ2) is 9.19. The van der Waals surface area contributed by atoms with Crippen molar-refractivity contribution in [2.24, 2.45) is 0 Å². The molecule has 0 saturated carbocycles. The van der Waals surface area contributed by atoms with Crippen molar-refractivity contribution < 1.29 is 0 Å². The van der Waals surface area contributed by atoms with Crippen LogP contribution in [-0.2, 0) is 6.42 Å². The van der Waals surface area contributed by atoms with E-state index in [1.807, 2.05) is 0 Å². The molecule has 3 nitrogen and oxygen atoms in total. The molecule has 1 aromatic heterocycles. The van der Waals surface area contributed by atoms with Gasteiger partial charge in [0, 0.05) is 17.2 Å². The van der Waals surface area contributed by atoms with Crippen LogP contribution >= 0.6 is 0 Å². The zero-order chi connectivity index (χ0) is 23.6. The fraction of sp³-hybridized carbons (Fsp3) is 0.125. The lowest BCUT2D eigenvalue weighted by atomic mass is 9.92. The molecule has 1 atom stereocenters. The average molecular weight is 454 g/mol. The van der Waals surface area contributed by atoms with Gasteiger partial charge < -0.3 is 0 Å². The molecule has 1 aliphatic rings. The van der Waals surface area contributed by atoms with Gasteiger partial charge in [-0.05, 0) is 52.4 Å². The van der Waals surface area contributed by atoms with Crippen LogP contribution in [0.25, 0.3) is 33.4 Å². The number of aromatic nitrogens is 3. The summed E-state index contributed by atoms with van der Waals surface area (Å²) in [4.78, 5) is 0. The van der Waals surface area contributed by atoms with Gasteiger partial charge in [0.2, 0.25) is 0 Å². The molecule has 6 rings (SSSR count). The zero-order valence-electron chi connectivity index (χ0n) is 19.8. The lowest BCUT2D eigenvalue weighted by Crippen LogP contribution is -2.09. The molecule has 0 N–H and O–H groups in total. The minimum atomic E-state index is 0.157. The first-order chi connectivity index (χ1) is 17.3. The molecule has 0 saturated heterocycles. The number of fused-ring (bicyclic) bond motifs is 1. The quantitative estimate of drug-likeness (QED) is 0.272. The Morgan fingerprint density at radius 3 is 2.34 bits per heavy atom. The molecular weight excluding hydrogens is 426 g/mol. The fourth-order valence-electron chi connectivity index (χ4n) is 4.92. The topological polar surface area (TPSA) is 30.7 Å². The molecule has 3 heteroatoms. The summed E-state index contributed by atoms with van der Waals surface area (Å²) < 4.78 is 2.25. The molecule has 1 unspecified atom stereocenters. The smallest absolute Gasteiger partial charge is 0.169 e. The Balaban J connectivity index is 1.46. The van der Waals surface area contributed by atoms with E-state index in [1.54, 1.807) is 0 Å². The molecule has 5 aromatic rings. The van der Waals surface area contributed by atoms with Gasteiger partial charge in [0.05, 0.1) is 0 Å². The largest absolute Gasteiger partial charge is 0.278 e. The minimum absolute atomic E-state index is 0.157. The van der Waals surface area contributed by atoms with Crippen molar-refractivity contribution in [3.8, 4) is 17.1 Å². The van der Waals surface area contributed by atoms with E-state index in [0.717, 1.165) is 35.7 Å². The van der Waals surface area contributed by atoms with Crippen LogP contribution in [0.1, 0.15) is 36.2 Å². The Morgan fingerprint density at radius 2 is 1.57 bits per heavy atom. The van der Waals surface area contributed by atoms with E-state index in [4.69, 9.17) is 10.2 Å². The highest BCUT2D eigenvalue weighted by atomic mass is 15.3. The van der Waals surface area contributed by atoms with Crippen LogP contribution in [0.4, 0.5) is 0 Å². The highest BCUT2D eigenvalue weighted by Crippen LogP contribution is 2.35. The second-order valence-corrected chi connectivity index (χ2v) is 8.99. The highest BCUT2D eigenvalue weighted by Gasteiger charge is 2.23. The van der Waals surface area contributed by atoms with Crippen LogP contribution in [-0.4, -0.2) is 14.8 Å². The average Bonchev–Trinajstić information content (AvgIpc) is 3.38. The summed E-state index contributed by atoms with van der Waals surface area (Å²) in [5, 5.41) is 11.9. The Labute approximate surface area is 206 Å². The van der Waals surface area contributed by atoms with Gasteiger partial charge in [-0.25, -0.2) is 0 Å². The molecule has 0 fully saturated rings. The maximum absolute atomic E-state index is 4.77. The zero-order valence-corrected chi connectivity index (χ0v) is 19.8. The van der Waals surface area contributed by atoms with Gasteiger partial charge in [-0.1, -0.05) is 110 Å². The third-order valence-electron chi connectivity index (χ3n) is 6.86. The van der Waals surface area contributed by atoms with Crippen LogP contribution in [0.3, 0.4) is 0 Å². The van der Waals surface area contributed by atoms with Gasteiger partial charge in [0.1, 0.15) is 5.82 Å². The second-order valence-electron chi connectivity index (χ2n) is 8.99. The summed E-state index contributed by atoms with van der Waals surface area (Å²) in [6, 6.07) is 34.2. The number of aryl methyl sites for hydroxylation is 1. The predicted molar refractivity (Wildman–Crippen MR) is 145 cm³/mol. The predicted octanol–water partition coefficient (Wildman–Crippen LogP) is 7.78. The molecule has 1 heterocycles. The standard InChI is InChI=1S/C32H27N3/c1-2-23-15-21-28(22-16-23)35-31(27-19-17-25(18-20-27)24-9-4-3-5-10-24)33-34-32(35)30-14-8-12-26-11-6-7-13-29(26)30/h3-19,21-22,27H,2,20H2,1H3. The first-order valence-corrected chi connectivity index (χ1v) is 12.3. The van der Waals surface area contributed by atoms with Gasteiger partial charge >= 0.3 is 0 Å². The molecule has 0 aliphatic heterocycles. The van der Waals surface area contributed by atoms with Gasteiger partial charge in [-0.2, -0.15) is 0 Å².